The second-order valence-corrected chi connectivity index (χ2v) is 3.84. The van der Waals surface area contributed by atoms with Gasteiger partial charge in [0, 0.05) is 12.2 Å². The number of carbonyl (C=O) groups excluding carboxylic acids is 1. The Morgan fingerprint density at radius 3 is 2.73 bits per heavy atom. The normalized spacial score (nSPS) is 12.5. The van der Waals surface area contributed by atoms with Crippen LogP contribution in [0.3, 0.4) is 0 Å². The zero-order chi connectivity index (χ0) is 11.4. The number of aromatic nitrogens is 2. The minimum atomic E-state index is -0.231. The van der Waals surface area contributed by atoms with E-state index in [1.54, 1.807) is 4.68 Å². The summed E-state index contributed by atoms with van der Waals surface area (Å²) in [6, 6.07) is 1.74. The van der Waals surface area contributed by atoms with Gasteiger partial charge in [-0.2, -0.15) is 5.10 Å². The number of rotatable bonds is 4. The highest BCUT2D eigenvalue weighted by atomic mass is 16.2. The summed E-state index contributed by atoms with van der Waals surface area (Å²) in [5, 5.41) is 7.16. The lowest BCUT2D eigenvalue weighted by Crippen LogP contribution is -2.32. The summed E-state index contributed by atoms with van der Waals surface area (Å²) in [6.45, 7) is 8.52. The molecule has 0 aliphatic rings. The molecule has 0 aromatic carbocycles. The van der Waals surface area contributed by atoms with Crippen LogP contribution >= 0.6 is 0 Å². The molecule has 1 aromatic rings. The van der Waals surface area contributed by atoms with Crippen LogP contribution in [0.15, 0.2) is 6.07 Å². The molecule has 0 radical (unpaired) electrons. The van der Waals surface area contributed by atoms with Gasteiger partial charge in [-0.15, -0.1) is 0 Å². The molecule has 0 saturated heterocycles. The molecule has 0 spiro atoms. The van der Waals surface area contributed by atoms with Crippen molar-refractivity contribution in [2.45, 2.75) is 40.2 Å². The van der Waals surface area contributed by atoms with E-state index >= 15 is 0 Å². The molecule has 1 N–H and O–H groups in total. The van der Waals surface area contributed by atoms with Crippen molar-refractivity contribution in [1.82, 2.24) is 15.1 Å². The predicted molar refractivity (Wildman–Crippen MR) is 59.7 cm³/mol. The highest BCUT2D eigenvalue weighted by molar-refractivity contribution is 5.79. The molecule has 4 nitrogen and oxygen atoms in total. The van der Waals surface area contributed by atoms with Gasteiger partial charge in [0.15, 0.2) is 0 Å². The molecule has 0 fully saturated rings. The van der Waals surface area contributed by atoms with Crippen molar-refractivity contribution in [3.05, 3.63) is 17.5 Å². The third-order valence-electron chi connectivity index (χ3n) is 2.34. The number of carbonyl (C=O) groups is 1. The number of hydrogen-bond donors (Lipinski definition) is 1. The van der Waals surface area contributed by atoms with Gasteiger partial charge >= 0.3 is 0 Å². The van der Waals surface area contributed by atoms with Gasteiger partial charge in [0.25, 0.3) is 0 Å². The van der Waals surface area contributed by atoms with Crippen LogP contribution in [0.25, 0.3) is 0 Å². The Hall–Kier alpha value is -1.32. The van der Waals surface area contributed by atoms with Gasteiger partial charge in [-0.3, -0.25) is 9.48 Å². The summed E-state index contributed by atoms with van der Waals surface area (Å²) in [5.74, 6) is 0.0306. The van der Waals surface area contributed by atoms with Crippen molar-refractivity contribution in [1.29, 1.82) is 0 Å². The average molecular weight is 209 g/mol. The maximum atomic E-state index is 11.7. The smallest absolute Gasteiger partial charge is 0.244 e. The minimum Gasteiger partial charge on any atom is -0.354 e. The Labute approximate surface area is 90.7 Å². The molecule has 0 bridgehead atoms. The topological polar surface area (TPSA) is 46.9 Å². The zero-order valence-corrected chi connectivity index (χ0v) is 9.87. The van der Waals surface area contributed by atoms with Crippen molar-refractivity contribution in [2.24, 2.45) is 0 Å². The van der Waals surface area contributed by atoms with Crippen molar-refractivity contribution in [2.75, 3.05) is 6.54 Å². The Balaban J connectivity index is 2.71. The molecule has 1 amide bonds. The first kappa shape index (κ1) is 11.8. The number of nitrogens with one attached hydrogen (secondary N) is 1. The first-order chi connectivity index (χ1) is 7.06. The first-order valence-electron chi connectivity index (χ1n) is 5.36. The highest BCUT2D eigenvalue weighted by Crippen LogP contribution is 2.10. The molecule has 84 valence electrons. The van der Waals surface area contributed by atoms with Crippen LogP contribution in [0.2, 0.25) is 0 Å². The SMILES string of the molecule is CCCNC(=O)C(C)n1nc(C)cc1C. The van der Waals surface area contributed by atoms with Crippen molar-refractivity contribution in [3.63, 3.8) is 0 Å². The molecule has 1 heterocycles. The molecule has 0 aliphatic heterocycles. The van der Waals surface area contributed by atoms with Crippen molar-refractivity contribution >= 4 is 5.91 Å². The zero-order valence-electron chi connectivity index (χ0n) is 9.87. The second-order valence-electron chi connectivity index (χ2n) is 3.84. The molecule has 0 aliphatic carbocycles. The van der Waals surface area contributed by atoms with Gasteiger partial charge < -0.3 is 5.32 Å². The van der Waals surface area contributed by atoms with Crippen LogP contribution in [-0.2, 0) is 4.79 Å². The third-order valence-corrected chi connectivity index (χ3v) is 2.34. The summed E-state index contributed by atoms with van der Waals surface area (Å²) >= 11 is 0. The Kier molecular flexibility index (Phi) is 3.88. The lowest BCUT2D eigenvalue weighted by Gasteiger charge is -2.13. The Bertz CT molecular complexity index is 344. The third kappa shape index (κ3) is 2.81. The summed E-state index contributed by atoms with van der Waals surface area (Å²) in [5.41, 5.74) is 1.97. The number of nitrogens with zero attached hydrogens (tertiary/aromatic N) is 2. The maximum absolute atomic E-state index is 11.7. The number of amides is 1. The molecular weight excluding hydrogens is 190 g/mol. The van der Waals surface area contributed by atoms with E-state index in [2.05, 4.69) is 10.4 Å². The van der Waals surface area contributed by atoms with Crippen LogP contribution in [0.4, 0.5) is 0 Å². The van der Waals surface area contributed by atoms with Gasteiger partial charge in [-0.1, -0.05) is 6.92 Å². The first-order valence-corrected chi connectivity index (χ1v) is 5.36. The summed E-state index contributed by atoms with van der Waals surface area (Å²) in [6.07, 6.45) is 0.954. The van der Waals surface area contributed by atoms with Gasteiger partial charge in [-0.05, 0) is 33.3 Å². The van der Waals surface area contributed by atoms with E-state index in [1.165, 1.54) is 0 Å². The monoisotopic (exact) mass is 209 g/mol. The van der Waals surface area contributed by atoms with E-state index in [0.29, 0.717) is 0 Å². The fourth-order valence-corrected chi connectivity index (χ4v) is 1.55. The summed E-state index contributed by atoms with van der Waals surface area (Å²) in [7, 11) is 0. The van der Waals surface area contributed by atoms with Crippen LogP contribution in [0.5, 0.6) is 0 Å². The van der Waals surface area contributed by atoms with E-state index < -0.39 is 0 Å². The standard InChI is InChI=1S/C11H19N3O/c1-5-6-12-11(15)10(4)14-9(3)7-8(2)13-14/h7,10H,5-6H2,1-4H3,(H,12,15). The van der Waals surface area contributed by atoms with Crippen molar-refractivity contribution < 1.29 is 4.79 Å². The minimum absolute atomic E-state index is 0.0306. The van der Waals surface area contributed by atoms with E-state index in [-0.39, 0.29) is 11.9 Å². The second kappa shape index (κ2) is 4.96. The lowest BCUT2D eigenvalue weighted by molar-refractivity contribution is -0.124. The highest BCUT2D eigenvalue weighted by Gasteiger charge is 2.16. The predicted octanol–water partition coefficient (Wildman–Crippen LogP) is 1.59. The Morgan fingerprint density at radius 2 is 2.27 bits per heavy atom. The van der Waals surface area contributed by atoms with Crippen LogP contribution in [0, 0.1) is 13.8 Å². The van der Waals surface area contributed by atoms with Gasteiger partial charge in [0.05, 0.1) is 5.69 Å². The fraction of sp³-hybridized carbons (Fsp3) is 0.636. The van der Waals surface area contributed by atoms with Crippen LogP contribution < -0.4 is 5.32 Å². The molecule has 0 saturated carbocycles. The summed E-state index contributed by atoms with van der Waals surface area (Å²) in [4.78, 5) is 11.7. The Morgan fingerprint density at radius 1 is 1.60 bits per heavy atom. The molecule has 1 atom stereocenters. The average Bonchev–Trinajstić information content (AvgIpc) is 2.53. The largest absolute Gasteiger partial charge is 0.354 e. The fourth-order valence-electron chi connectivity index (χ4n) is 1.55. The summed E-state index contributed by atoms with van der Waals surface area (Å²) < 4.78 is 1.76. The maximum Gasteiger partial charge on any atom is 0.244 e. The number of hydrogen-bond acceptors (Lipinski definition) is 2. The molecule has 1 rings (SSSR count). The van der Waals surface area contributed by atoms with E-state index in [1.807, 2.05) is 33.8 Å². The quantitative estimate of drug-likeness (QED) is 0.818. The molecule has 4 heteroatoms. The van der Waals surface area contributed by atoms with E-state index in [4.69, 9.17) is 0 Å². The van der Waals surface area contributed by atoms with E-state index in [0.717, 1.165) is 24.4 Å². The number of aryl methyl sites for hydroxylation is 2. The molecular formula is C11H19N3O. The molecule has 1 aromatic heterocycles. The molecule has 1 unspecified atom stereocenters. The molecule has 15 heavy (non-hydrogen) atoms. The van der Waals surface area contributed by atoms with Crippen LogP contribution in [-0.4, -0.2) is 22.2 Å². The van der Waals surface area contributed by atoms with E-state index in [9.17, 15) is 4.79 Å². The van der Waals surface area contributed by atoms with Crippen molar-refractivity contribution in [3.8, 4) is 0 Å². The van der Waals surface area contributed by atoms with Gasteiger partial charge in [-0.25, -0.2) is 0 Å². The van der Waals surface area contributed by atoms with Gasteiger partial charge in [0.1, 0.15) is 6.04 Å². The lowest BCUT2D eigenvalue weighted by atomic mass is 10.3. The van der Waals surface area contributed by atoms with Gasteiger partial charge in [0.2, 0.25) is 5.91 Å². The van der Waals surface area contributed by atoms with Crippen LogP contribution in [0.1, 0.15) is 37.7 Å².